The smallest absolute Gasteiger partial charge is 0.152 e. The third kappa shape index (κ3) is 1.99. The SMILES string of the molecule is CC1CC(C)C(C)N(c2ncccc2N)C1. The highest BCUT2D eigenvalue weighted by atomic mass is 15.2. The summed E-state index contributed by atoms with van der Waals surface area (Å²) in [6.07, 6.45) is 3.12. The van der Waals surface area contributed by atoms with Crippen molar-refractivity contribution in [3.63, 3.8) is 0 Å². The number of nitrogen functional groups attached to an aromatic ring is 1. The third-order valence-electron chi connectivity index (χ3n) is 3.69. The number of anilines is 2. The molecular weight excluding hydrogens is 198 g/mol. The van der Waals surface area contributed by atoms with Gasteiger partial charge in [0.1, 0.15) is 0 Å². The Morgan fingerprint density at radius 3 is 2.81 bits per heavy atom. The first-order valence-corrected chi connectivity index (χ1v) is 6.06. The first-order valence-electron chi connectivity index (χ1n) is 6.06. The fraction of sp³-hybridized carbons (Fsp3) is 0.615. The topological polar surface area (TPSA) is 42.2 Å². The van der Waals surface area contributed by atoms with Gasteiger partial charge >= 0.3 is 0 Å². The summed E-state index contributed by atoms with van der Waals surface area (Å²) >= 11 is 0. The minimum atomic E-state index is 0.522. The minimum absolute atomic E-state index is 0.522. The summed E-state index contributed by atoms with van der Waals surface area (Å²) in [6.45, 7) is 7.94. The monoisotopic (exact) mass is 219 g/mol. The van der Waals surface area contributed by atoms with Crippen LogP contribution in [0, 0.1) is 11.8 Å². The maximum Gasteiger partial charge on any atom is 0.152 e. The van der Waals surface area contributed by atoms with E-state index in [1.54, 1.807) is 0 Å². The molecule has 1 aliphatic heterocycles. The predicted molar refractivity (Wildman–Crippen MR) is 68.4 cm³/mol. The van der Waals surface area contributed by atoms with E-state index >= 15 is 0 Å². The lowest BCUT2D eigenvalue weighted by Gasteiger charge is -2.42. The number of hydrogen-bond acceptors (Lipinski definition) is 3. The van der Waals surface area contributed by atoms with Crippen molar-refractivity contribution in [3.05, 3.63) is 18.3 Å². The number of hydrogen-bond donors (Lipinski definition) is 1. The van der Waals surface area contributed by atoms with Gasteiger partial charge in [-0.15, -0.1) is 0 Å². The Labute approximate surface area is 97.7 Å². The second-order valence-corrected chi connectivity index (χ2v) is 5.13. The van der Waals surface area contributed by atoms with E-state index in [2.05, 4.69) is 30.7 Å². The van der Waals surface area contributed by atoms with Gasteiger partial charge < -0.3 is 10.6 Å². The van der Waals surface area contributed by atoms with E-state index < -0.39 is 0 Å². The molecule has 0 bridgehead atoms. The van der Waals surface area contributed by atoms with Crippen LogP contribution in [-0.4, -0.2) is 17.6 Å². The molecule has 88 valence electrons. The zero-order valence-corrected chi connectivity index (χ0v) is 10.4. The fourth-order valence-corrected chi connectivity index (χ4v) is 2.64. The number of piperidine rings is 1. The molecule has 3 atom stereocenters. The van der Waals surface area contributed by atoms with E-state index in [0.717, 1.165) is 18.1 Å². The molecule has 0 spiro atoms. The van der Waals surface area contributed by atoms with Crippen molar-refractivity contribution in [1.82, 2.24) is 4.98 Å². The Bertz CT molecular complexity index is 364. The summed E-state index contributed by atoms with van der Waals surface area (Å²) in [4.78, 5) is 6.78. The lowest BCUT2D eigenvalue weighted by Crippen LogP contribution is -2.46. The van der Waals surface area contributed by atoms with Crippen molar-refractivity contribution in [3.8, 4) is 0 Å². The third-order valence-corrected chi connectivity index (χ3v) is 3.69. The van der Waals surface area contributed by atoms with Crippen molar-refractivity contribution < 1.29 is 0 Å². The van der Waals surface area contributed by atoms with Gasteiger partial charge in [-0.25, -0.2) is 4.98 Å². The van der Waals surface area contributed by atoms with Crippen LogP contribution in [-0.2, 0) is 0 Å². The van der Waals surface area contributed by atoms with Crippen LogP contribution >= 0.6 is 0 Å². The Hall–Kier alpha value is -1.25. The summed E-state index contributed by atoms with van der Waals surface area (Å²) in [5.41, 5.74) is 6.79. The number of aromatic nitrogens is 1. The molecule has 1 fully saturated rings. The highest BCUT2D eigenvalue weighted by molar-refractivity contribution is 5.62. The van der Waals surface area contributed by atoms with Gasteiger partial charge in [0, 0.05) is 18.8 Å². The van der Waals surface area contributed by atoms with Crippen molar-refractivity contribution >= 4 is 11.5 Å². The van der Waals surface area contributed by atoms with E-state index in [0.29, 0.717) is 17.9 Å². The van der Waals surface area contributed by atoms with Gasteiger partial charge in [0.05, 0.1) is 5.69 Å². The molecule has 2 heterocycles. The summed E-state index contributed by atoms with van der Waals surface area (Å²) in [6, 6.07) is 4.34. The molecule has 2 N–H and O–H groups in total. The average Bonchev–Trinajstić information content (AvgIpc) is 2.24. The Balaban J connectivity index is 2.29. The highest BCUT2D eigenvalue weighted by Gasteiger charge is 2.30. The highest BCUT2D eigenvalue weighted by Crippen LogP contribution is 2.32. The van der Waals surface area contributed by atoms with Crippen molar-refractivity contribution in [1.29, 1.82) is 0 Å². The summed E-state index contributed by atoms with van der Waals surface area (Å²) < 4.78 is 0. The lowest BCUT2D eigenvalue weighted by atomic mass is 9.86. The maximum absolute atomic E-state index is 6.00. The molecule has 3 nitrogen and oxygen atoms in total. The molecular formula is C13H21N3. The summed E-state index contributed by atoms with van der Waals surface area (Å²) in [5, 5.41) is 0. The number of nitrogens with zero attached hydrogens (tertiary/aromatic N) is 2. The van der Waals surface area contributed by atoms with Gasteiger partial charge in [0.15, 0.2) is 5.82 Å². The predicted octanol–water partition coefficient (Wildman–Crippen LogP) is 2.53. The number of nitrogens with two attached hydrogens (primary N) is 1. The fourth-order valence-electron chi connectivity index (χ4n) is 2.64. The quantitative estimate of drug-likeness (QED) is 0.789. The molecule has 0 aliphatic carbocycles. The molecule has 3 heteroatoms. The standard InChI is InChI=1S/C13H21N3/c1-9-7-10(2)11(3)16(8-9)13-12(14)5-4-6-15-13/h4-6,9-11H,7-8,14H2,1-3H3. The first-order chi connectivity index (χ1) is 7.59. The van der Waals surface area contributed by atoms with Crippen LogP contribution in [0.2, 0.25) is 0 Å². The molecule has 0 saturated carbocycles. The van der Waals surface area contributed by atoms with Gasteiger partial charge in [0.2, 0.25) is 0 Å². The number of pyridine rings is 1. The van der Waals surface area contributed by atoms with Crippen LogP contribution in [0.4, 0.5) is 11.5 Å². The van der Waals surface area contributed by atoms with Crippen LogP contribution in [0.5, 0.6) is 0 Å². The Morgan fingerprint density at radius 2 is 2.12 bits per heavy atom. The average molecular weight is 219 g/mol. The maximum atomic E-state index is 6.00. The van der Waals surface area contributed by atoms with Crippen molar-refractivity contribution in [2.45, 2.75) is 33.2 Å². The van der Waals surface area contributed by atoms with Gasteiger partial charge in [-0.2, -0.15) is 0 Å². The largest absolute Gasteiger partial charge is 0.396 e. The van der Waals surface area contributed by atoms with Gasteiger partial charge in [-0.1, -0.05) is 13.8 Å². The van der Waals surface area contributed by atoms with E-state index in [4.69, 9.17) is 5.73 Å². The van der Waals surface area contributed by atoms with Crippen LogP contribution in [0.25, 0.3) is 0 Å². The molecule has 0 radical (unpaired) electrons. The molecule has 1 aromatic heterocycles. The molecule has 1 aliphatic rings. The molecule has 1 aromatic rings. The Kier molecular flexibility index (Phi) is 3.03. The van der Waals surface area contributed by atoms with E-state index in [-0.39, 0.29) is 0 Å². The molecule has 1 saturated heterocycles. The van der Waals surface area contributed by atoms with Crippen LogP contribution in [0.3, 0.4) is 0 Å². The first kappa shape index (κ1) is 11.2. The molecule has 2 rings (SSSR count). The number of rotatable bonds is 1. The van der Waals surface area contributed by atoms with Crippen molar-refractivity contribution in [2.24, 2.45) is 11.8 Å². The molecule has 0 aromatic carbocycles. The Morgan fingerprint density at radius 1 is 1.38 bits per heavy atom. The van der Waals surface area contributed by atoms with E-state index in [1.165, 1.54) is 6.42 Å². The van der Waals surface area contributed by atoms with Crippen LogP contribution in [0.1, 0.15) is 27.2 Å². The zero-order chi connectivity index (χ0) is 11.7. The molecule has 3 unspecified atom stereocenters. The van der Waals surface area contributed by atoms with Crippen LogP contribution in [0.15, 0.2) is 18.3 Å². The normalized spacial score (nSPS) is 30.4. The summed E-state index contributed by atoms with van der Waals surface area (Å²) in [5.74, 6) is 2.37. The minimum Gasteiger partial charge on any atom is -0.396 e. The van der Waals surface area contributed by atoms with Gasteiger partial charge in [0.25, 0.3) is 0 Å². The second-order valence-electron chi connectivity index (χ2n) is 5.13. The van der Waals surface area contributed by atoms with Crippen LogP contribution < -0.4 is 10.6 Å². The molecule has 16 heavy (non-hydrogen) atoms. The summed E-state index contributed by atoms with van der Waals surface area (Å²) in [7, 11) is 0. The van der Waals surface area contributed by atoms with Gasteiger partial charge in [-0.05, 0) is 37.3 Å². The zero-order valence-electron chi connectivity index (χ0n) is 10.4. The van der Waals surface area contributed by atoms with Gasteiger partial charge in [-0.3, -0.25) is 0 Å². The molecule has 0 amide bonds. The second kappa shape index (κ2) is 4.32. The lowest BCUT2D eigenvalue weighted by molar-refractivity contribution is 0.296. The van der Waals surface area contributed by atoms with E-state index in [1.807, 2.05) is 18.3 Å². The van der Waals surface area contributed by atoms with E-state index in [9.17, 15) is 0 Å². The van der Waals surface area contributed by atoms with Crippen molar-refractivity contribution in [2.75, 3.05) is 17.2 Å².